The Morgan fingerprint density at radius 3 is 2.71 bits per heavy atom. The molecule has 1 amide bonds. The van der Waals surface area contributed by atoms with E-state index in [4.69, 9.17) is 0 Å². The Labute approximate surface area is 146 Å². The molecule has 1 N–H and O–H groups in total. The molecule has 3 rings (SSSR count). The van der Waals surface area contributed by atoms with Crippen LogP contribution in [-0.4, -0.2) is 28.1 Å². The molecule has 3 aromatic rings. The number of carbonyl (C=O) groups excluding carboxylic acids is 1. The fraction of sp³-hybridized carbons (Fsp3) is 0.188. The third kappa shape index (κ3) is 4.44. The predicted octanol–water partition coefficient (Wildman–Crippen LogP) is 3.62. The van der Waals surface area contributed by atoms with Crippen LogP contribution in [0.1, 0.15) is 20.4 Å². The van der Waals surface area contributed by atoms with Crippen LogP contribution in [0.15, 0.2) is 41.1 Å². The van der Waals surface area contributed by atoms with Crippen LogP contribution in [-0.2, 0) is 13.1 Å². The van der Waals surface area contributed by atoms with Crippen LogP contribution < -0.4 is 5.32 Å². The molecule has 0 unspecified atom stereocenters. The van der Waals surface area contributed by atoms with Crippen LogP contribution in [0, 0.1) is 5.82 Å². The summed E-state index contributed by atoms with van der Waals surface area (Å²) >= 11 is 2.93. The smallest absolute Gasteiger partial charge is 0.286 e. The van der Waals surface area contributed by atoms with E-state index in [1.165, 1.54) is 41.2 Å². The largest absolute Gasteiger partial charge is 0.320 e. The summed E-state index contributed by atoms with van der Waals surface area (Å²) in [6.07, 6.45) is 0. The fourth-order valence-corrected chi connectivity index (χ4v) is 3.58. The van der Waals surface area contributed by atoms with E-state index < -0.39 is 0 Å². The number of aromatic nitrogens is 2. The van der Waals surface area contributed by atoms with E-state index in [1.807, 2.05) is 12.4 Å². The summed E-state index contributed by atoms with van der Waals surface area (Å²) in [6, 6.07) is 7.68. The van der Waals surface area contributed by atoms with E-state index in [0.717, 1.165) is 11.6 Å². The normalized spacial score (nSPS) is 11.0. The summed E-state index contributed by atoms with van der Waals surface area (Å²) < 4.78 is 12.9. The van der Waals surface area contributed by atoms with Gasteiger partial charge in [-0.1, -0.05) is 11.3 Å². The summed E-state index contributed by atoms with van der Waals surface area (Å²) in [5, 5.41) is 15.9. The number of halogens is 1. The SMILES string of the molecule is CN(Cc1ccsc1)Cc1nnc(C(=O)Nc2ccc(F)cc2)s1. The van der Waals surface area contributed by atoms with E-state index in [0.29, 0.717) is 17.2 Å². The third-order valence-electron chi connectivity index (χ3n) is 3.20. The van der Waals surface area contributed by atoms with Gasteiger partial charge in [0.2, 0.25) is 5.01 Å². The Bertz CT molecular complexity index is 802. The molecule has 8 heteroatoms. The molecule has 0 saturated carbocycles. The minimum Gasteiger partial charge on any atom is -0.320 e. The van der Waals surface area contributed by atoms with Crippen molar-refractivity contribution < 1.29 is 9.18 Å². The summed E-state index contributed by atoms with van der Waals surface area (Å²) in [5.74, 6) is -0.689. The van der Waals surface area contributed by atoms with Crippen molar-refractivity contribution in [2.24, 2.45) is 0 Å². The summed E-state index contributed by atoms with van der Waals surface area (Å²) in [7, 11) is 2.00. The van der Waals surface area contributed by atoms with Crippen LogP contribution in [0.4, 0.5) is 10.1 Å². The lowest BCUT2D eigenvalue weighted by molar-refractivity contribution is 0.102. The maximum atomic E-state index is 12.9. The van der Waals surface area contributed by atoms with Gasteiger partial charge >= 0.3 is 0 Å². The van der Waals surface area contributed by atoms with E-state index in [-0.39, 0.29) is 11.7 Å². The Morgan fingerprint density at radius 2 is 2.00 bits per heavy atom. The highest BCUT2D eigenvalue weighted by Gasteiger charge is 2.14. The second-order valence-corrected chi connectivity index (χ2v) is 7.11. The molecule has 1 aromatic carbocycles. The monoisotopic (exact) mass is 362 g/mol. The maximum absolute atomic E-state index is 12.9. The maximum Gasteiger partial charge on any atom is 0.286 e. The van der Waals surface area contributed by atoms with Gasteiger partial charge in [-0.15, -0.1) is 10.2 Å². The van der Waals surface area contributed by atoms with Gasteiger partial charge in [0, 0.05) is 12.2 Å². The molecule has 5 nitrogen and oxygen atoms in total. The molecule has 0 aliphatic rings. The molecule has 124 valence electrons. The summed E-state index contributed by atoms with van der Waals surface area (Å²) in [6.45, 7) is 1.44. The van der Waals surface area contributed by atoms with Crippen molar-refractivity contribution in [1.29, 1.82) is 0 Å². The molecule has 0 atom stereocenters. The topological polar surface area (TPSA) is 58.1 Å². The van der Waals surface area contributed by atoms with Crippen molar-refractivity contribution >= 4 is 34.3 Å². The Balaban J connectivity index is 1.58. The molecule has 24 heavy (non-hydrogen) atoms. The lowest BCUT2D eigenvalue weighted by atomic mass is 10.3. The Hall–Kier alpha value is -2.16. The highest BCUT2D eigenvalue weighted by molar-refractivity contribution is 7.13. The van der Waals surface area contributed by atoms with Crippen LogP contribution >= 0.6 is 22.7 Å². The van der Waals surface area contributed by atoms with Crippen LogP contribution in [0.2, 0.25) is 0 Å². The molecule has 0 aliphatic heterocycles. The van der Waals surface area contributed by atoms with Crippen molar-refractivity contribution in [2.45, 2.75) is 13.1 Å². The van der Waals surface area contributed by atoms with Crippen molar-refractivity contribution in [3.8, 4) is 0 Å². The van der Waals surface area contributed by atoms with Gasteiger partial charge in [-0.3, -0.25) is 9.69 Å². The Kier molecular flexibility index (Phi) is 5.29. The molecule has 0 aliphatic carbocycles. The van der Waals surface area contributed by atoms with Gasteiger partial charge in [0.25, 0.3) is 5.91 Å². The number of hydrogen-bond donors (Lipinski definition) is 1. The summed E-state index contributed by atoms with van der Waals surface area (Å²) in [4.78, 5) is 14.3. The van der Waals surface area contributed by atoms with Crippen LogP contribution in [0.25, 0.3) is 0 Å². The lowest BCUT2D eigenvalue weighted by Gasteiger charge is -2.13. The quantitative estimate of drug-likeness (QED) is 0.728. The highest BCUT2D eigenvalue weighted by Crippen LogP contribution is 2.16. The zero-order chi connectivity index (χ0) is 16.9. The van der Waals surface area contributed by atoms with E-state index in [2.05, 4.69) is 31.9 Å². The number of carbonyl (C=O) groups is 1. The number of rotatable bonds is 6. The van der Waals surface area contributed by atoms with Gasteiger partial charge in [0.15, 0.2) is 0 Å². The molecule has 0 saturated heterocycles. The van der Waals surface area contributed by atoms with Crippen molar-refractivity contribution in [1.82, 2.24) is 15.1 Å². The average molecular weight is 362 g/mol. The molecular formula is C16H15FN4OS2. The molecule has 0 radical (unpaired) electrons. The first-order valence-corrected chi connectivity index (χ1v) is 8.95. The van der Waals surface area contributed by atoms with Gasteiger partial charge in [0.1, 0.15) is 10.8 Å². The van der Waals surface area contributed by atoms with Crippen molar-refractivity contribution in [3.63, 3.8) is 0 Å². The van der Waals surface area contributed by atoms with Crippen LogP contribution in [0.3, 0.4) is 0 Å². The van der Waals surface area contributed by atoms with Crippen molar-refractivity contribution in [3.05, 3.63) is 62.5 Å². The molecule has 0 spiro atoms. The predicted molar refractivity (Wildman–Crippen MR) is 93.8 cm³/mol. The zero-order valence-corrected chi connectivity index (χ0v) is 14.5. The van der Waals surface area contributed by atoms with Gasteiger partial charge in [-0.25, -0.2) is 4.39 Å². The number of hydrogen-bond acceptors (Lipinski definition) is 6. The molecule has 0 fully saturated rings. The van der Waals surface area contributed by atoms with Gasteiger partial charge in [-0.2, -0.15) is 11.3 Å². The zero-order valence-electron chi connectivity index (χ0n) is 12.9. The minimum atomic E-state index is -0.347. The van der Waals surface area contributed by atoms with Gasteiger partial charge in [-0.05, 0) is 53.7 Å². The fourth-order valence-electron chi connectivity index (χ4n) is 2.11. The van der Waals surface area contributed by atoms with E-state index in [1.54, 1.807) is 11.3 Å². The first-order valence-electron chi connectivity index (χ1n) is 7.19. The Morgan fingerprint density at radius 1 is 1.21 bits per heavy atom. The molecule has 0 bridgehead atoms. The second-order valence-electron chi connectivity index (χ2n) is 5.27. The molecule has 2 aromatic heterocycles. The standard InChI is InChI=1S/C16H15FN4OS2/c1-21(8-11-6-7-23-10-11)9-14-19-20-16(24-14)15(22)18-13-4-2-12(17)3-5-13/h2-7,10H,8-9H2,1H3,(H,18,22). The van der Waals surface area contributed by atoms with Gasteiger partial charge in [0.05, 0.1) is 6.54 Å². The third-order valence-corrected chi connectivity index (χ3v) is 4.84. The highest BCUT2D eigenvalue weighted by atomic mass is 32.1. The van der Waals surface area contributed by atoms with E-state index in [9.17, 15) is 9.18 Å². The first-order chi connectivity index (χ1) is 11.6. The van der Waals surface area contributed by atoms with Crippen molar-refractivity contribution in [2.75, 3.05) is 12.4 Å². The first kappa shape index (κ1) is 16.7. The summed E-state index contributed by atoms with van der Waals surface area (Å²) in [5.41, 5.74) is 1.77. The average Bonchev–Trinajstić information content (AvgIpc) is 3.21. The molecule has 2 heterocycles. The number of benzene rings is 1. The molecular weight excluding hydrogens is 347 g/mol. The number of amides is 1. The number of nitrogens with one attached hydrogen (secondary N) is 1. The second kappa shape index (κ2) is 7.61. The number of anilines is 1. The van der Waals surface area contributed by atoms with Gasteiger partial charge < -0.3 is 5.32 Å². The number of nitrogens with zero attached hydrogens (tertiary/aromatic N) is 3. The minimum absolute atomic E-state index is 0.290. The lowest BCUT2D eigenvalue weighted by Crippen LogP contribution is -2.16. The van der Waals surface area contributed by atoms with E-state index >= 15 is 0 Å². The van der Waals surface area contributed by atoms with Crippen LogP contribution in [0.5, 0.6) is 0 Å². The number of thiophene rings is 1.